The molecule has 3 N–H and O–H groups in total. The number of nitrogen functional groups attached to an aromatic ring is 1. The van der Waals surface area contributed by atoms with E-state index in [1.54, 1.807) is 25.1 Å². The van der Waals surface area contributed by atoms with Crippen LogP contribution < -0.4 is 10.5 Å². The molecule has 0 fully saturated rings. The number of thiazole rings is 1. The highest BCUT2D eigenvalue weighted by molar-refractivity contribution is 7.91. The van der Waals surface area contributed by atoms with Crippen molar-refractivity contribution >= 4 is 49.7 Å². The average Bonchev–Trinajstić information content (AvgIpc) is 2.71. The third-order valence-electron chi connectivity index (χ3n) is 2.50. The van der Waals surface area contributed by atoms with Gasteiger partial charge in [-0.2, -0.15) is 0 Å². The van der Waals surface area contributed by atoms with Crippen molar-refractivity contribution in [2.75, 3.05) is 5.73 Å². The molecule has 108 valence electrons. The Labute approximate surface area is 130 Å². The number of rotatable bonds is 4. The van der Waals surface area contributed by atoms with Crippen LogP contribution in [0, 0.1) is 6.92 Å². The van der Waals surface area contributed by atoms with E-state index < -0.39 is 10.0 Å². The van der Waals surface area contributed by atoms with E-state index in [0.29, 0.717) is 21.3 Å². The maximum absolute atomic E-state index is 12.2. The topological polar surface area (TPSA) is 85.1 Å². The molecular formula is C11H11Cl2N3O2S2. The number of hydrogen-bond acceptors (Lipinski definition) is 5. The van der Waals surface area contributed by atoms with Crippen molar-refractivity contribution in [3.05, 3.63) is 39.5 Å². The van der Waals surface area contributed by atoms with Gasteiger partial charge in [-0.3, -0.25) is 0 Å². The first-order valence-electron chi connectivity index (χ1n) is 5.46. The Bertz CT molecular complexity index is 744. The van der Waals surface area contributed by atoms with E-state index in [4.69, 9.17) is 28.9 Å². The molecule has 1 heterocycles. The summed E-state index contributed by atoms with van der Waals surface area (Å²) in [6, 6.07) is 5.04. The number of sulfonamides is 1. The molecule has 0 aliphatic rings. The minimum Gasteiger partial charge on any atom is -0.375 e. The summed E-state index contributed by atoms with van der Waals surface area (Å²) in [6.45, 7) is 1.63. The highest BCUT2D eigenvalue weighted by atomic mass is 35.5. The fourth-order valence-electron chi connectivity index (χ4n) is 1.58. The Hall–Kier alpha value is -0.860. The van der Waals surface area contributed by atoms with Crippen molar-refractivity contribution in [2.45, 2.75) is 17.7 Å². The molecule has 1 aromatic carbocycles. The van der Waals surface area contributed by atoms with Crippen molar-refractivity contribution < 1.29 is 8.42 Å². The summed E-state index contributed by atoms with van der Waals surface area (Å²) in [7, 11) is -3.67. The van der Waals surface area contributed by atoms with Crippen molar-refractivity contribution in [3.8, 4) is 0 Å². The molecule has 20 heavy (non-hydrogen) atoms. The first-order chi connectivity index (χ1) is 9.31. The maximum atomic E-state index is 12.2. The lowest BCUT2D eigenvalue weighted by atomic mass is 10.2. The maximum Gasteiger partial charge on any atom is 0.252 e. The van der Waals surface area contributed by atoms with E-state index in [0.717, 1.165) is 11.3 Å². The molecule has 0 bridgehead atoms. The van der Waals surface area contributed by atoms with Crippen LogP contribution in [-0.4, -0.2) is 13.4 Å². The molecule has 0 saturated heterocycles. The zero-order valence-corrected chi connectivity index (χ0v) is 13.5. The molecule has 0 spiro atoms. The van der Waals surface area contributed by atoms with E-state index in [2.05, 4.69) is 9.71 Å². The molecule has 0 saturated carbocycles. The lowest BCUT2D eigenvalue weighted by Crippen LogP contribution is -2.23. The van der Waals surface area contributed by atoms with Gasteiger partial charge in [0.2, 0.25) is 0 Å². The zero-order chi connectivity index (χ0) is 14.9. The number of anilines is 1. The molecule has 0 aliphatic heterocycles. The van der Waals surface area contributed by atoms with Gasteiger partial charge in [0.25, 0.3) is 10.0 Å². The summed E-state index contributed by atoms with van der Waals surface area (Å²) in [5.74, 6) is 0. The summed E-state index contributed by atoms with van der Waals surface area (Å²) in [6.07, 6.45) is 0. The molecule has 5 nitrogen and oxygen atoms in total. The van der Waals surface area contributed by atoms with E-state index in [1.165, 1.54) is 0 Å². The first kappa shape index (κ1) is 15.5. The second kappa shape index (κ2) is 5.87. The Balaban J connectivity index is 2.22. The monoisotopic (exact) mass is 351 g/mol. The fourth-order valence-corrected chi connectivity index (χ4v) is 4.31. The van der Waals surface area contributed by atoms with Crippen LogP contribution >= 0.6 is 34.5 Å². The van der Waals surface area contributed by atoms with Crippen LogP contribution in [0.25, 0.3) is 0 Å². The van der Waals surface area contributed by atoms with Crippen molar-refractivity contribution in [1.29, 1.82) is 0 Å². The van der Waals surface area contributed by atoms with E-state index in [9.17, 15) is 8.42 Å². The number of halogens is 2. The van der Waals surface area contributed by atoms with Crippen LogP contribution in [0.5, 0.6) is 0 Å². The molecular weight excluding hydrogens is 341 g/mol. The molecule has 1 aromatic heterocycles. The third kappa shape index (κ3) is 3.24. The largest absolute Gasteiger partial charge is 0.375 e. The number of aromatic nitrogens is 1. The Kier molecular flexibility index (Phi) is 4.55. The lowest BCUT2D eigenvalue weighted by molar-refractivity contribution is 0.582. The highest BCUT2D eigenvalue weighted by Crippen LogP contribution is 2.27. The number of nitrogens with one attached hydrogen (secondary N) is 1. The van der Waals surface area contributed by atoms with Gasteiger partial charge in [-0.15, -0.1) is 0 Å². The van der Waals surface area contributed by atoms with Gasteiger partial charge in [-0.25, -0.2) is 18.1 Å². The third-order valence-corrected chi connectivity index (χ3v) is 6.35. The lowest BCUT2D eigenvalue weighted by Gasteiger charge is -2.08. The quantitative estimate of drug-likeness (QED) is 0.886. The fraction of sp³-hybridized carbons (Fsp3) is 0.182. The van der Waals surface area contributed by atoms with Gasteiger partial charge in [0.15, 0.2) is 9.34 Å². The normalized spacial score (nSPS) is 11.8. The molecule has 0 aliphatic carbocycles. The summed E-state index contributed by atoms with van der Waals surface area (Å²) in [4.78, 5) is 3.89. The second-order valence-corrected chi connectivity index (χ2v) is 7.74. The minimum absolute atomic E-state index is 0.0406. The molecule has 0 radical (unpaired) electrons. The van der Waals surface area contributed by atoms with Gasteiger partial charge in [-0.05, 0) is 18.6 Å². The van der Waals surface area contributed by atoms with Crippen molar-refractivity contribution in [3.63, 3.8) is 0 Å². The summed E-state index contributed by atoms with van der Waals surface area (Å²) < 4.78 is 26.9. The zero-order valence-electron chi connectivity index (χ0n) is 10.4. The Morgan fingerprint density at radius 1 is 1.40 bits per heavy atom. The summed E-state index contributed by atoms with van der Waals surface area (Å²) >= 11 is 12.8. The van der Waals surface area contributed by atoms with Gasteiger partial charge in [0.05, 0.1) is 15.7 Å². The molecule has 2 aromatic rings. The van der Waals surface area contributed by atoms with Gasteiger partial charge >= 0.3 is 0 Å². The van der Waals surface area contributed by atoms with Crippen LogP contribution in [0.3, 0.4) is 0 Å². The summed E-state index contributed by atoms with van der Waals surface area (Å²) in [5, 5.41) is 0.919. The van der Waals surface area contributed by atoms with Gasteiger partial charge < -0.3 is 5.73 Å². The number of nitrogens with two attached hydrogens (primary N) is 1. The van der Waals surface area contributed by atoms with Crippen LogP contribution in [0.4, 0.5) is 5.13 Å². The number of hydrogen-bond donors (Lipinski definition) is 2. The van der Waals surface area contributed by atoms with Crippen molar-refractivity contribution in [2.24, 2.45) is 0 Å². The highest BCUT2D eigenvalue weighted by Gasteiger charge is 2.21. The van der Waals surface area contributed by atoms with Gasteiger partial charge in [-0.1, -0.05) is 46.7 Å². The molecule has 9 heteroatoms. The van der Waals surface area contributed by atoms with E-state index >= 15 is 0 Å². The van der Waals surface area contributed by atoms with Crippen LogP contribution in [0.1, 0.15) is 11.3 Å². The Morgan fingerprint density at radius 2 is 2.10 bits per heavy atom. The SMILES string of the molecule is Cc1nc(N)sc1S(=O)(=O)NCc1cccc(Cl)c1Cl. The van der Waals surface area contributed by atoms with Crippen LogP contribution in [0.2, 0.25) is 10.0 Å². The first-order valence-corrected chi connectivity index (χ1v) is 8.52. The van der Waals surface area contributed by atoms with Crippen LogP contribution in [0.15, 0.2) is 22.4 Å². The number of nitrogens with zero attached hydrogens (tertiary/aromatic N) is 1. The van der Waals surface area contributed by atoms with E-state index in [1.807, 2.05) is 0 Å². The summed E-state index contributed by atoms with van der Waals surface area (Å²) in [5.41, 5.74) is 6.47. The number of aryl methyl sites for hydroxylation is 1. The predicted molar refractivity (Wildman–Crippen MR) is 81.8 cm³/mol. The minimum atomic E-state index is -3.67. The second-order valence-electron chi connectivity index (χ2n) is 3.96. The molecule has 0 unspecified atom stereocenters. The van der Waals surface area contributed by atoms with Gasteiger partial charge in [0.1, 0.15) is 0 Å². The van der Waals surface area contributed by atoms with E-state index in [-0.39, 0.29) is 15.9 Å². The average molecular weight is 352 g/mol. The molecule has 0 amide bonds. The standard InChI is InChI=1S/C11H11Cl2N3O2S2/c1-6-10(19-11(14)16-6)20(17,18)15-5-7-3-2-4-8(12)9(7)13/h2-4,15H,5H2,1H3,(H2,14,16). The van der Waals surface area contributed by atoms with Gasteiger partial charge in [0, 0.05) is 6.54 Å². The van der Waals surface area contributed by atoms with Crippen LogP contribution in [-0.2, 0) is 16.6 Å². The number of benzene rings is 1. The van der Waals surface area contributed by atoms with Crippen molar-refractivity contribution in [1.82, 2.24) is 9.71 Å². The molecule has 0 atom stereocenters. The predicted octanol–water partition coefficient (Wildman–Crippen LogP) is 2.82. The Morgan fingerprint density at radius 3 is 2.70 bits per heavy atom. The smallest absolute Gasteiger partial charge is 0.252 e. The molecule has 2 rings (SSSR count).